The number of nitrogens with zero attached hydrogens (tertiary/aromatic N) is 1. The van der Waals surface area contributed by atoms with Crippen molar-refractivity contribution >= 4 is 11.7 Å². The maximum Gasteiger partial charge on any atom is 0.251 e. The summed E-state index contributed by atoms with van der Waals surface area (Å²) >= 11 is 0. The van der Waals surface area contributed by atoms with Gasteiger partial charge >= 0.3 is 0 Å². The van der Waals surface area contributed by atoms with Gasteiger partial charge in [0.05, 0.1) is 0 Å². The van der Waals surface area contributed by atoms with E-state index >= 15 is 0 Å². The van der Waals surface area contributed by atoms with Gasteiger partial charge in [-0.25, -0.2) is 4.98 Å². The molecule has 1 amide bonds. The zero-order chi connectivity index (χ0) is 14.1. The molecule has 0 aliphatic carbocycles. The maximum absolute atomic E-state index is 12.0. The Morgan fingerprint density at radius 3 is 2.68 bits per heavy atom. The Morgan fingerprint density at radius 1 is 1.21 bits per heavy atom. The number of amides is 1. The Balaban J connectivity index is 2.51. The van der Waals surface area contributed by atoms with Gasteiger partial charge in [0.1, 0.15) is 5.82 Å². The predicted molar refractivity (Wildman–Crippen MR) is 79.6 cm³/mol. The molecule has 1 aromatic rings. The molecule has 1 rings (SSSR count). The highest BCUT2D eigenvalue weighted by atomic mass is 16.1. The van der Waals surface area contributed by atoms with Crippen LogP contribution in [-0.4, -0.2) is 24.0 Å². The van der Waals surface area contributed by atoms with E-state index in [0.717, 1.165) is 31.0 Å². The maximum atomic E-state index is 12.0. The number of aryl methyl sites for hydroxylation is 1. The molecule has 1 aromatic heterocycles. The van der Waals surface area contributed by atoms with E-state index in [1.807, 2.05) is 19.9 Å². The summed E-state index contributed by atoms with van der Waals surface area (Å²) in [5.41, 5.74) is 1.54. The van der Waals surface area contributed by atoms with Crippen molar-refractivity contribution in [2.45, 2.75) is 46.5 Å². The second-order valence-corrected chi connectivity index (χ2v) is 4.73. The molecule has 19 heavy (non-hydrogen) atoms. The number of rotatable bonds is 8. The fourth-order valence-electron chi connectivity index (χ4n) is 1.93. The summed E-state index contributed by atoms with van der Waals surface area (Å²) in [6.45, 7) is 7.64. The number of aromatic nitrogens is 1. The van der Waals surface area contributed by atoms with Crippen molar-refractivity contribution in [3.63, 3.8) is 0 Å². The largest absolute Gasteiger partial charge is 0.370 e. The molecule has 0 saturated heterocycles. The monoisotopic (exact) mass is 263 g/mol. The van der Waals surface area contributed by atoms with Gasteiger partial charge in [0, 0.05) is 24.3 Å². The minimum atomic E-state index is -0.0128. The van der Waals surface area contributed by atoms with Gasteiger partial charge in [-0.3, -0.25) is 4.79 Å². The Morgan fingerprint density at radius 2 is 2.00 bits per heavy atom. The van der Waals surface area contributed by atoms with Crippen LogP contribution in [0.5, 0.6) is 0 Å². The topological polar surface area (TPSA) is 54.0 Å². The molecule has 0 fully saturated rings. The van der Waals surface area contributed by atoms with Gasteiger partial charge in [-0.1, -0.05) is 26.2 Å². The van der Waals surface area contributed by atoms with E-state index in [1.165, 1.54) is 19.3 Å². The van der Waals surface area contributed by atoms with Crippen LogP contribution in [0.3, 0.4) is 0 Å². The highest BCUT2D eigenvalue weighted by Crippen LogP contribution is 2.10. The molecule has 0 saturated carbocycles. The predicted octanol–water partition coefficient (Wildman–Crippen LogP) is 3.13. The Hall–Kier alpha value is -1.58. The zero-order valence-corrected chi connectivity index (χ0v) is 12.3. The second-order valence-electron chi connectivity index (χ2n) is 4.73. The van der Waals surface area contributed by atoms with Gasteiger partial charge in [0.2, 0.25) is 0 Å². The van der Waals surface area contributed by atoms with Gasteiger partial charge in [-0.15, -0.1) is 0 Å². The third-order valence-corrected chi connectivity index (χ3v) is 2.89. The summed E-state index contributed by atoms with van der Waals surface area (Å²) in [7, 11) is 0. The lowest BCUT2D eigenvalue weighted by molar-refractivity contribution is 0.0953. The quantitative estimate of drug-likeness (QED) is 0.708. The molecule has 4 nitrogen and oxygen atoms in total. The first-order valence-electron chi connectivity index (χ1n) is 7.18. The summed E-state index contributed by atoms with van der Waals surface area (Å²) in [4.78, 5) is 16.4. The van der Waals surface area contributed by atoms with E-state index in [1.54, 1.807) is 6.07 Å². The second kappa shape index (κ2) is 8.51. The molecular weight excluding hydrogens is 238 g/mol. The lowest BCUT2D eigenvalue weighted by atomic mass is 10.2. The summed E-state index contributed by atoms with van der Waals surface area (Å²) in [6.07, 6.45) is 4.66. The summed E-state index contributed by atoms with van der Waals surface area (Å²) in [5.74, 6) is 0.750. The molecule has 0 aliphatic rings. The standard InChI is InChI=1S/C15H25N3O/c1-4-6-7-8-9-17-15(19)13-10-12(3)18-14(11-13)16-5-2/h10-11H,4-9H2,1-3H3,(H,16,18)(H,17,19). The van der Waals surface area contributed by atoms with Crippen molar-refractivity contribution in [2.75, 3.05) is 18.4 Å². The number of nitrogens with one attached hydrogen (secondary N) is 2. The normalized spacial score (nSPS) is 10.3. The van der Waals surface area contributed by atoms with Crippen molar-refractivity contribution in [1.82, 2.24) is 10.3 Å². The molecule has 2 N–H and O–H groups in total. The summed E-state index contributed by atoms with van der Waals surface area (Å²) < 4.78 is 0. The van der Waals surface area contributed by atoms with E-state index in [4.69, 9.17) is 0 Å². The van der Waals surface area contributed by atoms with Crippen molar-refractivity contribution < 1.29 is 4.79 Å². The van der Waals surface area contributed by atoms with Crippen molar-refractivity contribution in [1.29, 1.82) is 0 Å². The fraction of sp³-hybridized carbons (Fsp3) is 0.600. The molecular formula is C15H25N3O. The third-order valence-electron chi connectivity index (χ3n) is 2.89. The van der Waals surface area contributed by atoms with E-state index in [-0.39, 0.29) is 5.91 Å². The van der Waals surface area contributed by atoms with Crippen LogP contribution in [0.15, 0.2) is 12.1 Å². The van der Waals surface area contributed by atoms with Crippen LogP contribution in [0.25, 0.3) is 0 Å². The van der Waals surface area contributed by atoms with Crippen molar-refractivity contribution in [3.05, 3.63) is 23.4 Å². The van der Waals surface area contributed by atoms with Crippen LogP contribution in [0.4, 0.5) is 5.82 Å². The minimum Gasteiger partial charge on any atom is -0.370 e. The van der Waals surface area contributed by atoms with Gasteiger partial charge < -0.3 is 10.6 Å². The number of hydrogen-bond donors (Lipinski definition) is 2. The number of unbranched alkanes of at least 4 members (excludes halogenated alkanes) is 3. The van der Waals surface area contributed by atoms with Crippen LogP contribution in [-0.2, 0) is 0 Å². The highest BCUT2D eigenvalue weighted by molar-refractivity contribution is 5.94. The van der Waals surface area contributed by atoms with Crippen LogP contribution >= 0.6 is 0 Å². The first kappa shape index (κ1) is 15.5. The first-order valence-corrected chi connectivity index (χ1v) is 7.18. The van der Waals surface area contributed by atoms with Gasteiger partial charge in [0.15, 0.2) is 0 Å². The lowest BCUT2D eigenvalue weighted by Crippen LogP contribution is -2.24. The Bertz CT molecular complexity index is 404. The van der Waals surface area contributed by atoms with Crippen molar-refractivity contribution in [2.24, 2.45) is 0 Å². The fourth-order valence-corrected chi connectivity index (χ4v) is 1.93. The summed E-state index contributed by atoms with van der Waals surface area (Å²) in [6, 6.07) is 3.63. The van der Waals surface area contributed by atoms with Crippen LogP contribution in [0.1, 0.15) is 55.6 Å². The van der Waals surface area contributed by atoms with E-state index < -0.39 is 0 Å². The van der Waals surface area contributed by atoms with Crippen LogP contribution in [0.2, 0.25) is 0 Å². The smallest absolute Gasteiger partial charge is 0.251 e. The molecule has 0 atom stereocenters. The number of carbonyl (C=O) groups excluding carboxylic acids is 1. The SMILES string of the molecule is CCCCCCNC(=O)c1cc(C)nc(NCC)c1. The number of hydrogen-bond acceptors (Lipinski definition) is 3. The van der Waals surface area contributed by atoms with E-state index in [2.05, 4.69) is 22.5 Å². The van der Waals surface area contributed by atoms with Crippen molar-refractivity contribution in [3.8, 4) is 0 Å². The molecule has 0 aliphatic heterocycles. The Kier molecular flexibility index (Phi) is 6.93. The highest BCUT2D eigenvalue weighted by Gasteiger charge is 2.07. The Labute approximate surface area is 116 Å². The van der Waals surface area contributed by atoms with E-state index in [0.29, 0.717) is 5.56 Å². The summed E-state index contributed by atoms with van der Waals surface area (Å²) in [5, 5.41) is 6.10. The molecule has 0 unspecified atom stereocenters. The zero-order valence-electron chi connectivity index (χ0n) is 12.3. The van der Waals surface area contributed by atoms with Crippen LogP contribution < -0.4 is 10.6 Å². The third kappa shape index (κ3) is 5.73. The molecule has 0 radical (unpaired) electrons. The first-order chi connectivity index (χ1) is 9.17. The molecule has 0 spiro atoms. The van der Waals surface area contributed by atoms with Crippen LogP contribution in [0, 0.1) is 6.92 Å². The molecule has 4 heteroatoms. The average Bonchev–Trinajstić information content (AvgIpc) is 2.38. The number of carbonyl (C=O) groups is 1. The van der Waals surface area contributed by atoms with Gasteiger partial charge in [0.25, 0.3) is 5.91 Å². The molecule has 0 bridgehead atoms. The van der Waals surface area contributed by atoms with E-state index in [9.17, 15) is 4.79 Å². The number of pyridine rings is 1. The van der Waals surface area contributed by atoms with Gasteiger partial charge in [-0.05, 0) is 32.4 Å². The molecule has 1 heterocycles. The lowest BCUT2D eigenvalue weighted by Gasteiger charge is -2.08. The van der Waals surface area contributed by atoms with Gasteiger partial charge in [-0.2, -0.15) is 0 Å². The molecule has 106 valence electrons. The molecule has 0 aromatic carbocycles. The number of anilines is 1. The average molecular weight is 263 g/mol. The minimum absolute atomic E-state index is 0.0128.